The van der Waals surface area contributed by atoms with E-state index in [1.165, 1.54) is 6.07 Å². The molecule has 0 heterocycles. The van der Waals surface area contributed by atoms with Crippen molar-refractivity contribution in [3.8, 4) is 0 Å². The summed E-state index contributed by atoms with van der Waals surface area (Å²) in [5, 5.41) is 27.1. The lowest BCUT2D eigenvalue weighted by Crippen LogP contribution is -2.27. The fraction of sp³-hybridized carbons (Fsp3) is 0.222. The summed E-state index contributed by atoms with van der Waals surface area (Å²) in [6, 6.07) is 8.98. The molecular formula is C18H18N4O6. The van der Waals surface area contributed by atoms with Gasteiger partial charge in [0.25, 0.3) is 17.3 Å². The summed E-state index contributed by atoms with van der Waals surface area (Å²) in [5.74, 6) is -0.976. The number of hydrogen-bond acceptors (Lipinski definition) is 6. The first kappa shape index (κ1) is 20.5. The van der Waals surface area contributed by atoms with Crippen molar-refractivity contribution in [3.05, 3.63) is 68.3 Å². The number of benzene rings is 2. The Hall–Kier alpha value is -3.82. The minimum atomic E-state index is -0.813. The number of nitrogens with zero attached hydrogens (tertiary/aromatic N) is 2. The number of hydrogen-bond donors (Lipinski definition) is 2. The quantitative estimate of drug-likeness (QED) is 0.591. The second-order valence-electron chi connectivity index (χ2n) is 6.99. The molecule has 0 aliphatic heterocycles. The van der Waals surface area contributed by atoms with Gasteiger partial charge in [-0.2, -0.15) is 0 Å². The van der Waals surface area contributed by atoms with Gasteiger partial charge in [-0.25, -0.2) is 0 Å². The van der Waals surface area contributed by atoms with Crippen LogP contribution in [0.2, 0.25) is 0 Å². The van der Waals surface area contributed by atoms with Crippen LogP contribution in [0.25, 0.3) is 0 Å². The zero-order valence-corrected chi connectivity index (χ0v) is 15.4. The normalized spacial score (nSPS) is 10.8. The van der Waals surface area contributed by atoms with Crippen LogP contribution in [-0.2, 0) is 4.79 Å². The highest BCUT2D eigenvalue weighted by molar-refractivity contribution is 6.05. The third kappa shape index (κ3) is 5.10. The third-order valence-electron chi connectivity index (χ3n) is 3.65. The van der Waals surface area contributed by atoms with Gasteiger partial charge in [-0.3, -0.25) is 29.8 Å². The Morgan fingerprint density at radius 1 is 0.857 bits per heavy atom. The molecule has 0 fully saturated rings. The maximum Gasteiger partial charge on any atom is 0.277 e. The summed E-state index contributed by atoms with van der Waals surface area (Å²) < 4.78 is 0. The number of carbonyl (C=O) groups is 2. The fourth-order valence-electron chi connectivity index (χ4n) is 2.13. The van der Waals surface area contributed by atoms with Crippen molar-refractivity contribution in [2.24, 2.45) is 5.41 Å². The molecule has 0 bridgehead atoms. The van der Waals surface area contributed by atoms with Crippen LogP contribution in [0, 0.1) is 25.6 Å². The first-order chi connectivity index (χ1) is 13.0. The van der Waals surface area contributed by atoms with Gasteiger partial charge < -0.3 is 10.6 Å². The van der Waals surface area contributed by atoms with E-state index in [1.807, 2.05) is 0 Å². The maximum atomic E-state index is 12.4. The lowest BCUT2D eigenvalue weighted by Gasteiger charge is -2.18. The van der Waals surface area contributed by atoms with Crippen molar-refractivity contribution < 1.29 is 19.4 Å². The molecule has 0 radical (unpaired) electrons. The Kier molecular flexibility index (Phi) is 5.73. The van der Waals surface area contributed by atoms with Crippen LogP contribution in [-0.4, -0.2) is 21.7 Å². The summed E-state index contributed by atoms with van der Waals surface area (Å²) in [4.78, 5) is 44.7. The average molecular weight is 386 g/mol. The molecule has 2 aromatic carbocycles. The predicted octanol–water partition coefficient (Wildman–Crippen LogP) is 3.74. The number of anilines is 2. The van der Waals surface area contributed by atoms with Crippen molar-refractivity contribution in [3.63, 3.8) is 0 Å². The molecule has 0 atom stereocenters. The molecule has 0 saturated carbocycles. The highest BCUT2D eigenvalue weighted by Crippen LogP contribution is 2.24. The molecule has 0 saturated heterocycles. The van der Waals surface area contributed by atoms with Gasteiger partial charge in [0, 0.05) is 28.9 Å². The van der Waals surface area contributed by atoms with Crippen molar-refractivity contribution in [1.82, 2.24) is 0 Å². The molecule has 2 rings (SSSR count). The average Bonchev–Trinajstić information content (AvgIpc) is 2.60. The highest BCUT2D eigenvalue weighted by Gasteiger charge is 2.22. The first-order valence-electron chi connectivity index (χ1n) is 8.14. The number of rotatable bonds is 5. The Morgan fingerprint density at radius 3 is 1.82 bits per heavy atom. The first-order valence-corrected chi connectivity index (χ1v) is 8.14. The van der Waals surface area contributed by atoms with E-state index in [0.29, 0.717) is 11.4 Å². The minimum absolute atomic E-state index is 0.217. The molecule has 0 aliphatic rings. The van der Waals surface area contributed by atoms with E-state index in [1.54, 1.807) is 39.0 Å². The topological polar surface area (TPSA) is 144 Å². The summed E-state index contributed by atoms with van der Waals surface area (Å²) >= 11 is 0. The number of carbonyl (C=O) groups excluding carboxylic acids is 2. The molecule has 0 aromatic heterocycles. The maximum absolute atomic E-state index is 12.4. The number of nitro benzene ring substituents is 2. The van der Waals surface area contributed by atoms with Crippen LogP contribution in [0.3, 0.4) is 0 Å². The summed E-state index contributed by atoms with van der Waals surface area (Å²) in [6.07, 6.45) is 0. The SMILES string of the molecule is CC(C)(C)C(=O)Nc1cccc(NC(=O)c2cc([N+](=O)[O-])cc([N+](=O)[O-])c2)c1. The van der Waals surface area contributed by atoms with Gasteiger partial charge in [0.2, 0.25) is 5.91 Å². The van der Waals surface area contributed by atoms with Crippen molar-refractivity contribution in [2.45, 2.75) is 20.8 Å². The molecule has 2 amide bonds. The monoisotopic (exact) mass is 386 g/mol. The second-order valence-corrected chi connectivity index (χ2v) is 6.99. The van der Waals surface area contributed by atoms with Crippen molar-refractivity contribution in [2.75, 3.05) is 10.6 Å². The molecular weight excluding hydrogens is 368 g/mol. The van der Waals surface area contributed by atoms with Crippen LogP contribution in [0.15, 0.2) is 42.5 Å². The van der Waals surface area contributed by atoms with Gasteiger partial charge in [-0.05, 0) is 18.2 Å². The van der Waals surface area contributed by atoms with Crippen molar-refractivity contribution >= 4 is 34.6 Å². The summed E-state index contributed by atoms with van der Waals surface area (Å²) in [7, 11) is 0. The van der Waals surface area contributed by atoms with Crippen molar-refractivity contribution in [1.29, 1.82) is 0 Å². The number of nitro groups is 2. The molecule has 0 aliphatic carbocycles. The predicted molar refractivity (Wildman–Crippen MR) is 102 cm³/mol. The number of amides is 2. The Labute approximate surface area is 159 Å². The van der Waals surface area contributed by atoms with Crippen LogP contribution < -0.4 is 10.6 Å². The number of nitrogens with one attached hydrogen (secondary N) is 2. The van der Waals surface area contributed by atoms with E-state index in [4.69, 9.17) is 0 Å². The van der Waals surface area contributed by atoms with E-state index in [-0.39, 0.29) is 11.5 Å². The largest absolute Gasteiger partial charge is 0.326 e. The molecule has 146 valence electrons. The van der Waals surface area contributed by atoms with Crippen LogP contribution in [0.1, 0.15) is 31.1 Å². The Morgan fingerprint density at radius 2 is 1.36 bits per heavy atom. The van der Waals surface area contributed by atoms with Crippen LogP contribution >= 0.6 is 0 Å². The van der Waals surface area contributed by atoms with Gasteiger partial charge in [-0.1, -0.05) is 26.8 Å². The second kappa shape index (κ2) is 7.82. The summed E-state index contributed by atoms with van der Waals surface area (Å²) in [5.41, 5.74) is -1.21. The highest BCUT2D eigenvalue weighted by atomic mass is 16.6. The number of non-ortho nitro benzene ring substituents is 2. The Bertz CT molecular complexity index is 933. The van der Waals surface area contributed by atoms with Gasteiger partial charge in [0.1, 0.15) is 0 Å². The molecule has 0 unspecified atom stereocenters. The minimum Gasteiger partial charge on any atom is -0.326 e. The van der Waals surface area contributed by atoms with E-state index < -0.39 is 32.5 Å². The Balaban J connectivity index is 2.26. The lowest BCUT2D eigenvalue weighted by molar-refractivity contribution is -0.394. The molecule has 0 spiro atoms. The molecule has 2 aromatic rings. The van der Waals surface area contributed by atoms with Gasteiger partial charge >= 0.3 is 0 Å². The van der Waals surface area contributed by atoms with Crippen LogP contribution in [0.4, 0.5) is 22.7 Å². The molecule has 10 nitrogen and oxygen atoms in total. The molecule has 2 N–H and O–H groups in total. The van der Waals surface area contributed by atoms with E-state index in [9.17, 15) is 29.8 Å². The van der Waals surface area contributed by atoms with Gasteiger partial charge in [0.15, 0.2) is 0 Å². The third-order valence-corrected chi connectivity index (χ3v) is 3.65. The lowest BCUT2D eigenvalue weighted by atomic mass is 9.95. The van der Waals surface area contributed by atoms with E-state index in [0.717, 1.165) is 18.2 Å². The van der Waals surface area contributed by atoms with Gasteiger partial charge in [0.05, 0.1) is 21.5 Å². The zero-order chi connectivity index (χ0) is 21.1. The van der Waals surface area contributed by atoms with Gasteiger partial charge in [-0.15, -0.1) is 0 Å². The van der Waals surface area contributed by atoms with E-state index in [2.05, 4.69) is 10.6 Å². The smallest absolute Gasteiger partial charge is 0.277 e. The zero-order valence-electron chi connectivity index (χ0n) is 15.4. The molecule has 28 heavy (non-hydrogen) atoms. The standard InChI is InChI=1S/C18H18N4O6/c1-18(2,3)17(24)20-13-6-4-5-12(9-13)19-16(23)11-7-14(21(25)26)10-15(8-11)22(27)28/h4-10H,1-3H3,(H,19,23)(H,20,24). The fourth-order valence-corrected chi connectivity index (χ4v) is 2.13. The van der Waals surface area contributed by atoms with Crippen LogP contribution in [0.5, 0.6) is 0 Å². The molecule has 10 heteroatoms. The van der Waals surface area contributed by atoms with E-state index >= 15 is 0 Å². The summed E-state index contributed by atoms with van der Waals surface area (Å²) in [6.45, 7) is 5.26.